The molecule has 3 atom stereocenters. The monoisotopic (exact) mass is 349 g/mol. The van der Waals surface area contributed by atoms with Gasteiger partial charge in [0.15, 0.2) is 0 Å². The van der Waals surface area contributed by atoms with E-state index in [4.69, 9.17) is 4.74 Å². The van der Waals surface area contributed by atoms with Crippen molar-refractivity contribution in [3.05, 3.63) is 0 Å². The van der Waals surface area contributed by atoms with Gasteiger partial charge in [-0.2, -0.15) is 0 Å². The second kappa shape index (κ2) is 6.45. The van der Waals surface area contributed by atoms with Crippen molar-refractivity contribution in [2.45, 2.75) is 70.6 Å². The SMILES string of the molecule is CC1(C)[C@H](NC(=O)N2CCC(NC(=O)C3CCC3)CC2)[C@H]2CCO[C@H]21. The van der Waals surface area contributed by atoms with E-state index in [1.807, 2.05) is 4.90 Å². The molecule has 2 saturated carbocycles. The van der Waals surface area contributed by atoms with E-state index in [0.717, 1.165) is 51.8 Å². The molecule has 2 aliphatic carbocycles. The molecular formula is C19H31N3O3. The molecule has 2 N–H and O–H groups in total. The summed E-state index contributed by atoms with van der Waals surface area (Å²) in [6.07, 6.45) is 6.32. The van der Waals surface area contributed by atoms with Crippen LogP contribution in [0.3, 0.4) is 0 Å². The predicted molar refractivity (Wildman–Crippen MR) is 94.0 cm³/mol. The molecule has 3 amide bonds. The van der Waals surface area contributed by atoms with Crippen LogP contribution >= 0.6 is 0 Å². The largest absolute Gasteiger partial charge is 0.377 e. The van der Waals surface area contributed by atoms with Crippen molar-refractivity contribution in [3.63, 3.8) is 0 Å². The van der Waals surface area contributed by atoms with Crippen LogP contribution in [-0.4, -0.2) is 54.7 Å². The van der Waals surface area contributed by atoms with Crippen molar-refractivity contribution in [3.8, 4) is 0 Å². The molecule has 0 aromatic rings. The Labute approximate surface area is 150 Å². The number of likely N-dealkylation sites (tertiary alicyclic amines) is 1. The number of carbonyl (C=O) groups excluding carboxylic acids is 2. The van der Waals surface area contributed by atoms with E-state index in [0.29, 0.717) is 12.0 Å². The van der Waals surface area contributed by atoms with Crippen molar-refractivity contribution >= 4 is 11.9 Å². The summed E-state index contributed by atoms with van der Waals surface area (Å²) in [7, 11) is 0. The Hall–Kier alpha value is -1.30. The summed E-state index contributed by atoms with van der Waals surface area (Å²) in [5.74, 6) is 0.930. The summed E-state index contributed by atoms with van der Waals surface area (Å²) in [5, 5.41) is 6.43. The van der Waals surface area contributed by atoms with E-state index in [9.17, 15) is 9.59 Å². The Bertz CT molecular complexity index is 538. The van der Waals surface area contributed by atoms with E-state index in [1.54, 1.807) is 0 Å². The molecule has 0 spiro atoms. The zero-order valence-electron chi connectivity index (χ0n) is 15.4. The molecule has 25 heavy (non-hydrogen) atoms. The number of urea groups is 1. The standard InChI is InChI=1S/C19H31N3O3/c1-19(2)15(14-8-11-25-16(14)19)21-18(24)22-9-6-13(7-10-22)20-17(23)12-4-3-5-12/h12-16H,3-11H2,1-2H3,(H,20,23)(H,21,24)/t14-,15-,16-/m1/s1. The Balaban J connectivity index is 1.23. The molecule has 0 unspecified atom stereocenters. The van der Waals surface area contributed by atoms with Gasteiger partial charge in [0, 0.05) is 49.0 Å². The van der Waals surface area contributed by atoms with E-state index in [1.165, 1.54) is 6.42 Å². The van der Waals surface area contributed by atoms with Crippen LogP contribution in [0.2, 0.25) is 0 Å². The van der Waals surface area contributed by atoms with Crippen molar-refractivity contribution in [1.82, 2.24) is 15.5 Å². The minimum absolute atomic E-state index is 0.0197. The lowest BCUT2D eigenvalue weighted by Crippen LogP contribution is -2.68. The highest BCUT2D eigenvalue weighted by Gasteiger charge is 2.60. The van der Waals surface area contributed by atoms with Crippen LogP contribution in [-0.2, 0) is 9.53 Å². The molecule has 0 radical (unpaired) electrons. The second-order valence-corrected chi connectivity index (χ2v) is 8.89. The van der Waals surface area contributed by atoms with Crippen LogP contribution in [0, 0.1) is 17.3 Å². The lowest BCUT2D eigenvalue weighted by atomic mass is 9.57. The third kappa shape index (κ3) is 3.03. The van der Waals surface area contributed by atoms with Gasteiger partial charge in [-0.3, -0.25) is 4.79 Å². The smallest absolute Gasteiger partial charge is 0.317 e. The summed E-state index contributed by atoms with van der Waals surface area (Å²) in [6, 6.07) is 0.487. The molecule has 4 rings (SSSR count). The van der Waals surface area contributed by atoms with Gasteiger partial charge in [-0.25, -0.2) is 4.79 Å². The number of carbonyl (C=O) groups is 2. The average molecular weight is 349 g/mol. The fourth-order valence-electron chi connectivity index (χ4n) is 5.06. The highest BCUT2D eigenvalue weighted by Crippen LogP contribution is 2.52. The summed E-state index contributed by atoms with van der Waals surface area (Å²) >= 11 is 0. The summed E-state index contributed by atoms with van der Waals surface area (Å²) in [4.78, 5) is 26.6. The number of ether oxygens (including phenoxy) is 1. The molecule has 0 aromatic heterocycles. The van der Waals surface area contributed by atoms with Gasteiger partial charge in [-0.15, -0.1) is 0 Å². The third-order valence-electron chi connectivity index (χ3n) is 6.98. The maximum absolute atomic E-state index is 12.7. The zero-order chi connectivity index (χ0) is 17.6. The fourth-order valence-corrected chi connectivity index (χ4v) is 5.06. The lowest BCUT2D eigenvalue weighted by molar-refractivity contribution is -0.128. The van der Waals surface area contributed by atoms with Crippen LogP contribution < -0.4 is 10.6 Å². The van der Waals surface area contributed by atoms with Gasteiger partial charge in [0.2, 0.25) is 5.91 Å². The first-order valence-electron chi connectivity index (χ1n) is 9.94. The average Bonchev–Trinajstić information content (AvgIpc) is 2.98. The summed E-state index contributed by atoms with van der Waals surface area (Å²) in [6.45, 7) is 6.63. The van der Waals surface area contributed by atoms with E-state index in [-0.39, 0.29) is 35.4 Å². The number of rotatable bonds is 3. The van der Waals surface area contributed by atoms with Gasteiger partial charge in [-0.1, -0.05) is 20.3 Å². The van der Waals surface area contributed by atoms with Gasteiger partial charge in [0.25, 0.3) is 0 Å². The molecule has 140 valence electrons. The first kappa shape index (κ1) is 17.1. The van der Waals surface area contributed by atoms with Crippen LogP contribution in [0.1, 0.15) is 52.4 Å². The van der Waals surface area contributed by atoms with Crippen molar-refractivity contribution in [2.75, 3.05) is 19.7 Å². The molecule has 0 aromatic carbocycles. The van der Waals surface area contributed by atoms with Crippen LogP contribution in [0.4, 0.5) is 4.79 Å². The Morgan fingerprint density at radius 1 is 1.04 bits per heavy atom. The zero-order valence-corrected chi connectivity index (χ0v) is 15.4. The topological polar surface area (TPSA) is 70.7 Å². The lowest BCUT2D eigenvalue weighted by Gasteiger charge is -2.55. The van der Waals surface area contributed by atoms with Gasteiger partial charge in [0.1, 0.15) is 0 Å². The Kier molecular flexibility index (Phi) is 4.42. The number of amides is 3. The maximum atomic E-state index is 12.7. The molecule has 2 saturated heterocycles. The number of fused-ring (bicyclic) bond motifs is 1. The highest BCUT2D eigenvalue weighted by molar-refractivity contribution is 5.79. The summed E-state index contributed by atoms with van der Waals surface area (Å²) in [5.41, 5.74) is 0.0197. The van der Waals surface area contributed by atoms with Crippen molar-refractivity contribution in [1.29, 1.82) is 0 Å². The number of nitrogens with one attached hydrogen (secondary N) is 2. The van der Waals surface area contributed by atoms with Crippen LogP contribution in [0.5, 0.6) is 0 Å². The van der Waals surface area contributed by atoms with Crippen molar-refractivity contribution in [2.24, 2.45) is 17.3 Å². The number of hydrogen-bond acceptors (Lipinski definition) is 3. The highest BCUT2D eigenvalue weighted by atomic mass is 16.5. The summed E-state index contributed by atoms with van der Waals surface area (Å²) < 4.78 is 5.80. The maximum Gasteiger partial charge on any atom is 0.317 e. The first-order valence-corrected chi connectivity index (χ1v) is 9.94. The second-order valence-electron chi connectivity index (χ2n) is 8.89. The predicted octanol–water partition coefficient (Wildman–Crippen LogP) is 1.89. The molecule has 6 nitrogen and oxygen atoms in total. The molecule has 4 aliphatic rings. The normalized spacial score (nSPS) is 34.6. The number of hydrogen-bond donors (Lipinski definition) is 2. The molecule has 0 bridgehead atoms. The van der Waals surface area contributed by atoms with Gasteiger partial charge < -0.3 is 20.3 Å². The Morgan fingerprint density at radius 3 is 2.40 bits per heavy atom. The van der Waals surface area contributed by atoms with Gasteiger partial charge >= 0.3 is 6.03 Å². The minimum Gasteiger partial charge on any atom is -0.377 e. The van der Waals surface area contributed by atoms with Crippen LogP contribution in [0.15, 0.2) is 0 Å². The van der Waals surface area contributed by atoms with Gasteiger partial charge in [0.05, 0.1) is 6.10 Å². The number of piperidine rings is 1. The molecule has 2 heterocycles. The van der Waals surface area contributed by atoms with Gasteiger partial charge in [-0.05, 0) is 32.1 Å². The third-order valence-corrected chi connectivity index (χ3v) is 6.98. The van der Waals surface area contributed by atoms with E-state index in [2.05, 4.69) is 24.5 Å². The molecule has 6 heteroatoms. The first-order chi connectivity index (χ1) is 12.0. The quantitative estimate of drug-likeness (QED) is 0.817. The van der Waals surface area contributed by atoms with Crippen molar-refractivity contribution < 1.29 is 14.3 Å². The minimum atomic E-state index is 0.0197. The van der Waals surface area contributed by atoms with Crippen LogP contribution in [0.25, 0.3) is 0 Å². The molecular weight excluding hydrogens is 318 g/mol. The number of nitrogens with zero attached hydrogens (tertiary/aromatic N) is 1. The Morgan fingerprint density at radius 2 is 1.76 bits per heavy atom. The fraction of sp³-hybridized carbons (Fsp3) is 0.895. The van der Waals surface area contributed by atoms with E-state index < -0.39 is 0 Å². The molecule has 4 fully saturated rings. The molecule has 2 aliphatic heterocycles. The van der Waals surface area contributed by atoms with E-state index >= 15 is 0 Å².